The Kier molecular flexibility index (Phi) is 4.51. The minimum atomic E-state index is -0.0519. The molecule has 5 heteroatoms. The molecule has 2 heterocycles. The molecular weight excluding hydrogens is 302 g/mol. The van der Waals surface area contributed by atoms with Crippen LogP contribution in [0.25, 0.3) is 0 Å². The smallest absolute Gasteiger partial charge is 0.322 e. The molecular formula is C19H25N3O2. The normalized spacial score (nSPS) is 16.9. The van der Waals surface area contributed by atoms with Gasteiger partial charge in [-0.3, -0.25) is 0 Å². The number of aryl methyl sites for hydroxylation is 1. The number of fused-ring (bicyclic) bond motifs is 1. The Morgan fingerprint density at radius 1 is 1.17 bits per heavy atom. The highest BCUT2D eigenvalue weighted by Gasteiger charge is 2.33. The maximum absolute atomic E-state index is 12.8. The van der Waals surface area contributed by atoms with E-state index >= 15 is 0 Å². The Bertz CT molecular complexity index is 719. The highest BCUT2D eigenvalue weighted by atomic mass is 16.5. The summed E-state index contributed by atoms with van der Waals surface area (Å²) < 4.78 is 7.48. The number of benzene rings is 1. The summed E-state index contributed by atoms with van der Waals surface area (Å²) in [4.78, 5) is 14.8. The van der Waals surface area contributed by atoms with E-state index < -0.39 is 0 Å². The SMILES string of the molecule is COc1ccc(NC(=O)N2CCn3c(C)ccc3[C@H]2C(C)C)cc1. The van der Waals surface area contributed by atoms with Gasteiger partial charge in [0.1, 0.15) is 5.75 Å². The summed E-state index contributed by atoms with van der Waals surface area (Å²) in [6.07, 6.45) is 0. The lowest BCUT2D eigenvalue weighted by Crippen LogP contribution is -2.46. The van der Waals surface area contributed by atoms with Crippen molar-refractivity contribution in [1.82, 2.24) is 9.47 Å². The number of urea groups is 1. The Balaban J connectivity index is 1.80. The van der Waals surface area contributed by atoms with Crippen LogP contribution in [0.3, 0.4) is 0 Å². The average molecular weight is 327 g/mol. The van der Waals surface area contributed by atoms with Crippen molar-refractivity contribution >= 4 is 11.7 Å². The van der Waals surface area contributed by atoms with Crippen molar-refractivity contribution in [2.24, 2.45) is 5.92 Å². The lowest BCUT2D eigenvalue weighted by atomic mass is 9.97. The van der Waals surface area contributed by atoms with Crippen molar-refractivity contribution in [2.45, 2.75) is 33.4 Å². The molecule has 0 saturated heterocycles. The molecule has 5 nitrogen and oxygen atoms in total. The molecule has 1 N–H and O–H groups in total. The van der Waals surface area contributed by atoms with Crippen LogP contribution in [0.15, 0.2) is 36.4 Å². The lowest BCUT2D eigenvalue weighted by molar-refractivity contribution is 0.143. The Morgan fingerprint density at radius 2 is 1.88 bits per heavy atom. The number of ether oxygens (including phenoxy) is 1. The number of nitrogens with zero attached hydrogens (tertiary/aromatic N) is 2. The number of hydrogen-bond acceptors (Lipinski definition) is 2. The zero-order valence-corrected chi connectivity index (χ0v) is 14.7. The van der Waals surface area contributed by atoms with Crippen LogP contribution in [-0.2, 0) is 6.54 Å². The second-order valence-corrected chi connectivity index (χ2v) is 6.59. The van der Waals surface area contributed by atoms with Gasteiger partial charge in [0.05, 0.1) is 13.2 Å². The van der Waals surface area contributed by atoms with Crippen molar-refractivity contribution in [3.05, 3.63) is 47.8 Å². The van der Waals surface area contributed by atoms with Gasteiger partial charge in [-0.25, -0.2) is 4.79 Å². The molecule has 0 radical (unpaired) electrons. The fourth-order valence-corrected chi connectivity index (χ4v) is 3.46. The van der Waals surface area contributed by atoms with Crippen LogP contribution < -0.4 is 10.1 Å². The molecule has 1 aromatic heterocycles. The van der Waals surface area contributed by atoms with Crippen LogP contribution in [0.2, 0.25) is 0 Å². The summed E-state index contributed by atoms with van der Waals surface area (Å²) in [5.41, 5.74) is 3.25. The first-order chi connectivity index (χ1) is 11.5. The van der Waals surface area contributed by atoms with E-state index in [0.29, 0.717) is 12.5 Å². The quantitative estimate of drug-likeness (QED) is 0.924. The first kappa shape index (κ1) is 16.4. The van der Waals surface area contributed by atoms with Gasteiger partial charge in [-0.15, -0.1) is 0 Å². The van der Waals surface area contributed by atoms with Crippen molar-refractivity contribution in [3.63, 3.8) is 0 Å². The second-order valence-electron chi connectivity index (χ2n) is 6.59. The molecule has 0 fully saturated rings. The van der Waals surface area contributed by atoms with Crippen LogP contribution in [-0.4, -0.2) is 29.2 Å². The molecule has 2 amide bonds. The summed E-state index contributed by atoms with van der Waals surface area (Å²) in [5.74, 6) is 1.12. The van der Waals surface area contributed by atoms with E-state index in [9.17, 15) is 4.79 Å². The Morgan fingerprint density at radius 3 is 2.50 bits per heavy atom. The molecule has 0 spiro atoms. The number of methoxy groups -OCH3 is 1. The topological polar surface area (TPSA) is 46.5 Å². The van der Waals surface area contributed by atoms with Gasteiger partial charge in [0, 0.05) is 30.2 Å². The summed E-state index contributed by atoms with van der Waals surface area (Å²) in [6.45, 7) is 8.00. The largest absolute Gasteiger partial charge is 0.497 e. The first-order valence-electron chi connectivity index (χ1n) is 8.39. The molecule has 128 valence electrons. The van der Waals surface area contributed by atoms with Crippen LogP contribution in [0.1, 0.15) is 31.3 Å². The van der Waals surface area contributed by atoms with Crippen LogP contribution in [0.5, 0.6) is 5.75 Å². The van der Waals surface area contributed by atoms with E-state index in [1.54, 1.807) is 7.11 Å². The fourth-order valence-electron chi connectivity index (χ4n) is 3.46. The number of carbonyl (C=O) groups excluding carboxylic acids is 1. The average Bonchev–Trinajstić information content (AvgIpc) is 2.95. The minimum Gasteiger partial charge on any atom is -0.497 e. The predicted octanol–water partition coefficient (Wildman–Crippen LogP) is 4.05. The molecule has 0 aliphatic carbocycles. The first-order valence-corrected chi connectivity index (χ1v) is 8.39. The Labute approximate surface area is 143 Å². The molecule has 0 unspecified atom stereocenters. The number of amides is 2. The highest BCUT2D eigenvalue weighted by molar-refractivity contribution is 5.89. The molecule has 0 bridgehead atoms. The number of nitrogens with one attached hydrogen (secondary N) is 1. The fraction of sp³-hybridized carbons (Fsp3) is 0.421. The number of carbonyl (C=O) groups is 1. The monoisotopic (exact) mass is 327 g/mol. The van der Waals surface area contributed by atoms with Crippen LogP contribution >= 0.6 is 0 Å². The van der Waals surface area contributed by atoms with Gasteiger partial charge in [0.15, 0.2) is 0 Å². The maximum Gasteiger partial charge on any atom is 0.322 e. The van der Waals surface area contributed by atoms with Crippen molar-refractivity contribution in [2.75, 3.05) is 19.0 Å². The highest BCUT2D eigenvalue weighted by Crippen LogP contribution is 2.34. The maximum atomic E-state index is 12.8. The molecule has 2 aromatic rings. The number of anilines is 1. The molecule has 1 aliphatic rings. The third kappa shape index (κ3) is 2.98. The van der Waals surface area contributed by atoms with Gasteiger partial charge >= 0.3 is 6.03 Å². The van der Waals surface area contributed by atoms with E-state index in [4.69, 9.17) is 4.74 Å². The van der Waals surface area contributed by atoms with Gasteiger partial charge in [-0.05, 0) is 49.2 Å². The summed E-state index contributed by atoms with van der Waals surface area (Å²) in [6, 6.07) is 11.7. The van der Waals surface area contributed by atoms with E-state index in [1.807, 2.05) is 29.2 Å². The molecule has 1 aromatic carbocycles. The molecule has 24 heavy (non-hydrogen) atoms. The number of hydrogen-bond donors (Lipinski definition) is 1. The van der Waals surface area contributed by atoms with Crippen molar-refractivity contribution < 1.29 is 9.53 Å². The van der Waals surface area contributed by atoms with Gasteiger partial charge < -0.3 is 19.5 Å². The lowest BCUT2D eigenvalue weighted by Gasteiger charge is -2.39. The second kappa shape index (κ2) is 6.59. The summed E-state index contributed by atoms with van der Waals surface area (Å²) in [5, 5.41) is 3.01. The zero-order valence-electron chi connectivity index (χ0n) is 14.7. The zero-order chi connectivity index (χ0) is 17.3. The van der Waals surface area contributed by atoms with Crippen molar-refractivity contribution in [3.8, 4) is 5.75 Å². The summed E-state index contributed by atoms with van der Waals surface area (Å²) in [7, 11) is 1.63. The van der Waals surface area contributed by atoms with E-state index in [1.165, 1.54) is 11.4 Å². The molecule has 0 saturated carbocycles. The third-order valence-electron chi connectivity index (χ3n) is 4.67. The third-order valence-corrected chi connectivity index (χ3v) is 4.67. The van der Waals surface area contributed by atoms with Gasteiger partial charge in [0.2, 0.25) is 0 Å². The summed E-state index contributed by atoms with van der Waals surface area (Å²) >= 11 is 0. The predicted molar refractivity (Wildman–Crippen MR) is 95.5 cm³/mol. The molecule has 1 atom stereocenters. The van der Waals surface area contributed by atoms with E-state index in [2.05, 4.69) is 42.8 Å². The van der Waals surface area contributed by atoms with E-state index in [-0.39, 0.29) is 12.1 Å². The standard InChI is InChI=1S/C19H25N3O2/c1-13(2)18-17-10-5-14(3)21(17)11-12-22(18)19(23)20-15-6-8-16(24-4)9-7-15/h5-10,13,18H,11-12H2,1-4H3,(H,20,23)/t18-/m1/s1. The molecule has 1 aliphatic heterocycles. The number of rotatable bonds is 3. The molecule has 3 rings (SSSR count). The van der Waals surface area contributed by atoms with Gasteiger partial charge in [-0.1, -0.05) is 13.8 Å². The Hall–Kier alpha value is -2.43. The van der Waals surface area contributed by atoms with Crippen LogP contribution in [0.4, 0.5) is 10.5 Å². The van der Waals surface area contributed by atoms with E-state index in [0.717, 1.165) is 18.0 Å². The number of aromatic nitrogens is 1. The van der Waals surface area contributed by atoms with Gasteiger partial charge in [-0.2, -0.15) is 0 Å². The minimum absolute atomic E-state index is 0.0519. The van der Waals surface area contributed by atoms with Crippen molar-refractivity contribution in [1.29, 1.82) is 0 Å². The van der Waals surface area contributed by atoms with Crippen LogP contribution in [0, 0.1) is 12.8 Å². The van der Waals surface area contributed by atoms with Gasteiger partial charge in [0.25, 0.3) is 0 Å².